The van der Waals surface area contributed by atoms with Gasteiger partial charge in [-0.2, -0.15) is 0 Å². The third-order valence-electron chi connectivity index (χ3n) is 6.68. The van der Waals surface area contributed by atoms with Crippen LogP contribution in [0.1, 0.15) is 64.4 Å². The summed E-state index contributed by atoms with van der Waals surface area (Å²) in [5, 5.41) is 10.4. The number of para-hydroxylation sites is 1. The second-order valence-corrected chi connectivity index (χ2v) is 8.56. The van der Waals surface area contributed by atoms with E-state index in [1.807, 2.05) is 12.1 Å². The predicted octanol–water partition coefficient (Wildman–Crippen LogP) is 5.10. The van der Waals surface area contributed by atoms with Gasteiger partial charge in [0.05, 0.1) is 5.76 Å². The van der Waals surface area contributed by atoms with Crippen molar-refractivity contribution in [3.63, 3.8) is 0 Å². The van der Waals surface area contributed by atoms with Gasteiger partial charge in [-0.25, -0.2) is 0 Å². The second kappa shape index (κ2) is 5.89. The Morgan fingerprint density at radius 2 is 1.92 bits per heavy atom. The lowest BCUT2D eigenvalue weighted by Gasteiger charge is -2.57. The summed E-state index contributed by atoms with van der Waals surface area (Å²) in [4.78, 5) is 12.6. The Morgan fingerprint density at radius 3 is 2.76 bits per heavy atom. The van der Waals surface area contributed by atoms with Crippen LogP contribution in [0.15, 0.2) is 36.1 Å². The quantitative estimate of drug-likeness (QED) is 0.774. The minimum atomic E-state index is -0.315. The van der Waals surface area contributed by atoms with E-state index in [1.165, 1.54) is 5.56 Å². The lowest BCUT2D eigenvalue weighted by atomic mass is 9.50. The van der Waals surface area contributed by atoms with Crippen LogP contribution in [0.3, 0.4) is 0 Å². The molecular weight excluding hydrogens is 312 g/mol. The molecule has 4 rings (SSSR count). The van der Waals surface area contributed by atoms with Crippen molar-refractivity contribution >= 4 is 5.78 Å². The van der Waals surface area contributed by atoms with Gasteiger partial charge in [0.15, 0.2) is 0 Å². The zero-order valence-corrected chi connectivity index (χ0v) is 15.3. The second-order valence-electron chi connectivity index (χ2n) is 8.56. The minimum absolute atomic E-state index is 0.188. The molecule has 0 saturated heterocycles. The average Bonchev–Trinajstić information content (AvgIpc) is 2.79. The highest BCUT2D eigenvalue weighted by atomic mass is 16.5. The SMILES string of the molecule is CC1(C)Oc2ccccc2[C@]2(C3C=C(O)CCCC3)CC(=O)CC[C@H]12. The number of carbonyl (C=O) groups excluding carboxylic acids is 1. The fourth-order valence-electron chi connectivity index (χ4n) is 5.71. The molecule has 1 fully saturated rings. The summed E-state index contributed by atoms with van der Waals surface area (Å²) in [6.45, 7) is 4.33. The van der Waals surface area contributed by atoms with Crippen molar-refractivity contribution in [2.75, 3.05) is 0 Å². The number of rotatable bonds is 1. The highest BCUT2D eigenvalue weighted by Crippen LogP contribution is 2.59. The Hall–Kier alpha value is -1.77. The summed E-state index contributed by atoms with van der Waals surface area (Å²) in [6.07, 6.45) is 8.04. The molecular formula is C22H28O3. The van der Waals surface area contributed by atoms with Crippen LogP contribution in [0.4, 0.5) is 0 Å². The molecule has 1 N–H and O–H groups in total. The topological polar surface area (TPSA) is 46.5 Å². The van der Waals surface area contributed by atoms with Gasteiger partial charge in [-0.3, -0.25) is 4.79 Å². The first-order valence-corrected chi connectivity index (χ1v) is 9.63. The van der Waals surface area contributed by atoms with Gasteiger partial charge in [0.2, 0.25) is 0 Å². The van der Waals surface area contributed by atoms with Crippen LogP contribution in [0.2, 0.25) is 0 Å². The molecule has 3 nitrogen and oxygen atoms in total. The molecule has 0 aromatic heterocycles. The van der Waals surface area contributed by atoms with Crippen LogP contribution in [-0.2, 0) is 10.2 Å². The van der Waals surface area contributed by atoms with E-state index in [-0.39, 0.29) is 22.9 Å². The lowest BCUT2D eigenvalue weighted by Crippen LogP contribution is -2.59. The molecule has 25 heavy (non-hydrogen) atoms. The molecule has 0 amide bonds. The first-order chi connectivity index (χ1) is 11.9. The Morgan fingerprint density at radius 1 is 1.12 bits per heavy atom. The van der Waals surface area contributed by atoms with E-state index in [1.54, 1.807) is 0 Å². The van der Waals surface area contributed by atoms with Crippen LogP contribution < -0.4 is 4.74 Å². The fraction of sp³-hybridized carbons (Fsp3) is 0.591. The molecule has 0 spiro atoms. The van der Waals surface area contributed by atoms with Crippen LogP contribution in [0.25, 0.3) is 0 Å². The Kier molecular flexibility index (Phi) is 3.93. The summed E-state index contributed by atoms with van der Waals surface area (Å²) >= 11 is 0. The van der Waals surface area contributed by atoms with Crippen LogP contribution in [-0.4, -0.2) is 16.5 Å². The molecule has 0 radical (unpaired) electrons. The molecule has 1 unspecified atom stereocenters. The van der Waals surface area contributed by atoms with Crippen LogP contribution >= 0.6 is 0 Å². The molecule has 1 saturated carbocycles. The molecule has 3 aliphatic rings. The number of allylic oxidation sites excluding steroid dienone is 2. The van der Waals surface area contributed by atoms with Crippen LogP contribution in [0, 0.1) is 11.8 Å². The summed E-state index contributed by atoms with van der Waals surface area (Å²) < 4.78 is 6.40. The lowest BCUT2D eigenvalue weighted by molar-refractivity contribution is -0.131. The van der Waals surface area contributed by atoms with Gasteiger partial charge in [0.1, 0.15) is 17.1 Å². The number of Topliss-reactive ketones (excluding diaryl/α,β-unsaturated/α-hetero) is 1. The van der Waals surface area contributed by atoms with E-state index >= 15 is 0 Å². The summed E-state index contributed by atoms with van der Waals surface area (Å²) in [5.74, 6) is 2.22. The van der Waals surface area contributed by atoms with Crippen molar-refractivity contribution in [3.8, 4) is 5.75 Å². The molecule has 1 heterocycles. The maximum Gasteiger partial charge on any atom is 0.133 e. The third-order valence-corrected chi connectivity index (χ3v) is 6.68. The van der Waals surface area contributed by atoms with Gasteiger partial charge in [-0.1, -0.05) is 24.6 Å². The standard InChI is InChI=1S/C22H28O3/c1-21(2)20-12-11-17(24)14-22(20,15-7-3-4-8-16(23)13-15)18-9-5-6-10-19(18)25-21/h5-6,9-10,13,15,20,23H,3-4,7-8,11-12,14H2,1-2H3/t15?,20-,22-/m1/s1. The van der Waals surface area contributed by atoms with Crippen molar-refractivity contribution in [1.29, 1.82) is 0 Å². The Balaban J connectivity index is 1.95. The van der Waals surface area contributed by atoms with Gasteiger partial charge in [0.25, 0.3) is 0 Å². The van der Waals surface area contributed by atoms with Gasteiger partial charge >= 0.3 is 0 Å². The number of ether oxygens (including phenoxy) is 1. The molecule has 1 aromatic carbocycles. The number of ketones is 1. The highest BCUT2D eigenvalue weighted by molar-refractivity contribution is 5.82. The number of fused-ring (bicyclic) bond motifs is 3. The maximum atomic E-state index is 12.6. The zero-order chi connectivity index (χ0) is 17.7. The van der Waals surface area contributed by atoms with E-state index in [0.29, 0.717) is 24.4 Å². The van der Waals surface area contributed by atoms with Gasteiger partial charge in [-0.15, -0.1) is 0 Å². The van der Waals surface area contributed by atoms with Crippen molar-refractivity contribution in [3.05, 3.63) is 41.7 Å². The Labute approximate surface area is 150 Å². The summed E-state index contributed by atoms with van der Waals surface area (Å²) in [5.41, 5.74) is 0.597. The number of aliphatic hydroxyl groups excluding tert-OH is 1. The largest absolute Gasteiger partial charge is 0.513 e. The minimum Gasteiger partial charge on any atom is -0.513 e. The smallest absolute Gasteiger partial charge is 0.133 e. The molecule has 1 aromatic rings. The molecule has 2 aliphatic carbocycles. The van der Waals surface area contributed by atoms with Gasteiger partial charge in [-0.05, 0) is 51.2 Å². The first kappa shape index (κ1) is 16.7. The average molecular weight is 340 g/mol. The van der Waals surface area contributed by atoms with E-state index < -0.39 is 0 Å². The maximum absolute atomic E-state index is 12.6. The summed E-state index contributed by atoms with van der Waals surface area (Å²) in [7, 11) is 0. The third kappa shape index (κ3) is 2.59. The first-order valence-electron chi connectivity index (χ1n) is 9.63. The monoisotopic (exact) mass is 340 g/mol. The zero-order valence-electron chi connectivity index (χ0n) is 15.3. The molecule has 3 heteroatoms. The summed E-state index contributed by atoms with van der Waals surface area (Å²) in [6, 6.07) is 8.24. The normalized spacial score (nSPS) is 34.2. The predicted molar refractivity (Wildman–Crippen MR) is 97.8 cm³/mol. The molecule has 134 valence electrons. The van der Waals surface area contributed by atoms with E-state index in [4.69, 9.17) is 4.74 Å². The van der Waals surface area contributed by atoms with Gasteiger partial charge < -0.3 is 9.84 Å². The van der Waals surface area contributed by atoms with E-state index in [9.17, 15) is 9.90 Å². The molecule has 3 atom stereocenters. The molecule has 1 aliphatic heterocycles. The number of aliphatic hydroxyl groups is 1. The number of benzene rings is 1. The number of hydrogen-bond acceptors (Lipinski definition) is 3. The van der Waals surface area contributed by atoms with Crippen LogP contribution in [0.5, 0.6) is 5.75 Å². The Bertz CT molecular complexity index is 718. The van der Waals surface area contributed by atoms with Crippen molar-refractivity contribution < 1.29 is 14.6 Å². The van der Waals surface area contributed by atoms with Crippen molar-refractivity contribution in [2.45, 2.75) is 69.8 Å². The molecule has 0 bridgehead atoms. The fourth-order valence-corrected chi connectivity index (χ4v) is 5.71. The number of carbonyl (C=O) groups is 1. The number of hydrogen-bond donors (Lipinski definition) is 1. The van der Waals surface area contributed by atoms with Gasteiger partial charge in [0, 0.05) is 36.2 Å². The highest BCUT2D eigenvalue weighted by Gasteiger charge is 2.58. The van der Waals surface area contributed by atoms with Crippen molar-refractivity contribution in [1.82, 2.24) is 0 Å². The van der Waals surface area contributed by atoms with E-state index in [0.717, 1.165) is 37.9 Å². The van der Waals surface area contributed by atoms with Crippen molar-refractivity contribution in [2.24, 2.45) is 11.8 Å². The van der Waals surface area contributed by atoms with E-state index in [2.05, 4.69) is 32.1 Å².